The molecule has 0 aliphatic rings. The van der Waals surface area contributed by atoms with Crippen LogP contribution in [0.1, 0.15) is 45.1 Å². The van der Waals surface area contributed by atoms with Crippen LogP contribution in [-0.2, 0) is 0 Å². The molecule has 0 saturated heterocycles. The van der Waals surface area contributed by atoms with Gasteiger partial charge in [-0.25, -0.2) is 0 Å². The molecule has 0 bridgehead atoms. The van der Waals surface area contributed by atoms with Crippen LogP contribution in [0.5, 0.6) is 0 Å². The molecule has 0 aliphatic carbocycles. The van der Waals surface area contributed by atoms with Gasteiger partial charge >= 0.3 is 0 Å². The van der Waals surface area contributed by atoms with Crippen molar-refractivity contribution < 1.29 is 0 Å². The molecule has 0 aliphatic heterocycles. The Morgan fingerprint density at radius 2 is 1.81 bits per heavy atom. The minimum absolute atomic E-state index is 0.547. The van der Waals surface area contributed by atoms with E-state index in [0.29, 0.717) is 12.0 Å². The molecule has 2 unspecified atom stereocenters. The number of rotatable bonds is 6. The monoisotopic (exact) mass is 283 g/mol. The Labute approximate surface area is 108 Å². The van der Waals surface area contributed by atoms with E-state index < -0.39 is 0 Å². The van der Waals surface area contributed by atoms with Gasteiger partial charge in [0.25, 0.3) is 0 Å². The molecule has 1 aromatic rings. The number of halogens is 1. The lowest BCUT2D eigenvalue weighted by Crippen LogP contribution is -2.32. The first-order valence-electron chi connectivity index (χ1n) is 6.17. The summed E-state index contributed by atoms with van der Waals surface area (Å²) < 4.78 is 1.15. The third-order valence-electron chi connectivity index (χ3n) is 3.06. The van der Waals surface area contributed by atoms with E-state index in [9.17, 15) is 0 Å². The summed E-state index contributed by atoms with van der Waals surface area (Å²) in [7, 11) is 0. The van der Waals surface area contributed by atoms with Gasteiger partial charge in [0.2, 0.25) is 0 Å². The highest BCUT2D eigenvalue weighted by atomic mass is 79.9. The van der Waals surface area contributed by atoms with Crippen molar-refractivity contribution >= 4 is 15.9 Å². The van der Waals surface area contributed by atoms with E-state index in [4.69, 9.17) is 0 Å². The molecule has 90 valence electrons. The smallest absolute Gasteiger partial charge is 0.0175 e. The van der Waals surface area contributed by atoms with Crippen molar-refractivity contribution in [3.05, 3.63) is 34.3 Å². The second-order valence-corrected chi connectivity index (χ2v) is 5.22. The molecule has 2 atom stereocenters. The van der Waals surface area contributed by atoms with Crippen LogP contribution < -0.4 is 5.32 Å². The van der Waals surface area contributed by atoms with Crippen molar-refractivity contribution in [2.45, 2.75) is 45.6 Å². The fourth-order valence-electron chi connectivity index (χ4n) is 2.10. The van der Waals surface area contributed by atoms with E-state index >= 15 is 0 Å². The second kappa shape index (κ2) is 7.08. The van der Waals surface area contributed by atoms with Gasteiger partial charge in [-0.1, -0.05) is 41.9 Å². The molecule has 1 aromatic carbocycles. The molecule has 0 spiro atoms. The van der Waals surface area contributed by atoms with Crippen LogP contribution in [0.15, 0.2) is 28.7 Å². The van der Waals surface area contributed by atoms with Crippen molar-refractivity contribution in [1.82, 2.24) is 5.32 Å². The summed E-state index contributed by atoms with van der Waals surface area (Å²) in [5.74, 6) is 0.611. The largest absolute Gasteiger partial charge is 0.314 e. The lowest BCUT2D eigenvalue weighted by molar-refractivity contribution is 0.450. The van der Waals surface area contributed by atoms with Gasteiger partial charge < -0.3 is 5.32 Å². The maximum atomic E-state index is 3.58. The second-order valence-electron chi connectivity index (χ2n) is 4.31. The van der Waals surface area contributed by atoms with Gasteiger partial charge in [0.05, 0.1) is 0 Å². The van der Waals surface area contributed by atoms with E-state index in [0.717, 1.165) is 11.0 Å². The summed E-state index contributed by atoms with van der Waals surface area (Å²) in [5.41, 5.74) is 1.43. The predicted molar refractivity (Wildman–Crippen MR) is 74.9 cm³/mol. The first-order chi connectivity index (χ1) is 7.69. The minimum atomic E-state index is 0.547. The van der Waals surface area contributed by atoms with Gasteiger partial charge in [-0.05, 0) is 49.9 Å². The fourth-order valence-corrected chi connectivity index (χ4v) is 2.37. The molecular formula is C14H22BrN. The maximum absolute atomic E-state index is 3.58. The molecule has 1 nitrogen and oxygen atoms in total. The van der Waals surface area contributed by atoms with Gasteiger partial charge in [-0.2, -0.15) is 0 Å². The number of hydrogen-bond acceptors (Lipinski definition) is 1. The summed E-state index contributed by atoms with van der Waals surface area (Å²) in [4.78, 5) is 0. The summed E-state index contributed by atoms with van der Waals surface area (Å²) >= 11 is 3.48. The van der Waals surface area contributed by atoms with Crippen LogP contribution in [0, 0.1) is 0 Å². The number of benzene rings is 1. The van der Waals surface area contributed by atoms with Gasteiger partial charge in [0.15, 0.2) is 0 Å². The summed E-state index contributed by atoms with van der Waals surface area (Å²) in [6, 6.07) is 9.26. The molecule has 0 amide bonds. The highest BCUT2D eigenvalue weighted by molar-refractivity contribution is 9.10. The quantitative estimate of drug-likeness (QED) is 0.819. The molecule has 1 N–H and O–H groups in total. The first kappa shape index (κ1) is 13.7. The van der Waals surface area contributed by atoms with Crippen molar-refractivity contribution in [2.75, 3.05) is 6.54 Å². The van der Waals surface area contributed by atoms with Gasteiger partial charge in [0.1, 0.15) is 0 Å². The van der Waals surface area contributed by atoms with Crippen molar-refractivity contribution in [2.24, 2.45) is 0 Å². The summed E-state index contributed by atoms with van der Waals surface area (Å²) in [6.45, 7) is 7.86. The van der Waals surface area contributed by atoms with E-state index in [2.05, 4.69) is 66.3 Å². The average Bonchev–Trinajstić information content (AvgIpc) is 2.30. The SMILES string of the molecule is CCCNC(C)C(CC)c1ccc(Br)cc1. The van der Waals surface area contributed by atoms with Crippen LogP contribution in [0.2, 0.25) is 0 Å². The van der Waals surface area contributed by atoms with Crippen molar-refractivity contribution in [1.29, 1.82) is 0 Å². The van der Waals surface area contributed by atoms with E-state index in [-0.39, 0.29) is 0 Å². The molecule has 0 heterocycles. The Morgan fingerprint density at radius 1 is 1.19 bits per heavy atom. The third-order valence-corrected chi connectivity index (χ3v) is 3.59. The van der Waals surface area contributed by atoms with Crippen molar-refractivity contribution in [3.8, 4) is 0 Å². The highest BCUT2D eigenvalue weighted by Gasteiger charge is 2.16. The lowest BCUT2D eigenvalue weighted by atomic mass is 9.90. The minimum Gasteiger partial charge on any atom is -0.314 e. The summed E-state index contributed by atoms with van der Waals surface area (Å²) in [6.07, 6.45) is 2.38. The molecule has 1 rings (SSSR count). The molecule has 0 aromatic heterocycles. The zero-order valence-corrected chi connectivity index (χ0v) is 12.0. The Bertz CT molecular complexity index is 294. The Morgan fingerprint density at radius 3 is 2.31 bits per heavy atom. The molecule has 0 radical (unpaired) electrons. The number of nitrogens with one attached hydrogen (secondary N) is 1. The maximum Gasteiger partial charge on any atom is 0.0175 e. The zero-order chi connectivity index (χ0) is 12.0. The first-order valence-corrected chi connectivity index (χ1v) is 6.97. The fraction of sp³-hybridized carbons (Fsp3) is 0.571. The molecular weight excluding hydrogens is 262 g/mol. The lowest BCUT2D eigenvalue weighted by Gasteiger charge is -2.24. The van der Waals surface area contributed by atoms with E-state index in [1.54, 1.807) is 0 Å². The van der Waals surface area contributed by atoms with Crippen LogP contribution in [0.25, 0.3) is 0 Å². The predicted octanol–water partition coefficient (Wildman–Crippen LogP) is 4.33. The van der Waals surface area contributed by atoms with Gasteiger partial charge in [0, 0.05) is 10.5 Å². The molecule has 16 heavy (non-hydrogen) atoms. The molecule has 0 fully saturated rings. The Hall–Kier alpha value is -0.340. The van der Waals surface area contributed by atoms with E-state index in [1.807, 2.05) is 0 Å². The topological polar surface area (TPSA) is 12.0 Å². The van der Waals surface area contributed by atoms with E-state index in [1.165, 1.54) is 18.4 Å². The third kappa shape index (κ3) is 3.91. The van der Waals surface area contributed by atoms with Crippen molar-refractivity contribution in [3.63, 3.8) is 0 Å². The molecule has 0 saturated carbocycles. The Balaban J connectivity index is 2.69. The summed E-state index contributed by atoms with van der Waals surface area (Å²) in [5, 5.41) is 3.58. The van der Waals surface area contributed by atoms with Crippen LogP contribution >= 0.6 is 15.9 Å². The highest BCUT2D eigenvalue weighted by Crippen LogP contribution is 2.24. The van der Waals surface area contributed by atoms with Gasteiger partial charge in [-0.15, -0.1) is 0 Å². The van der Waals surface area contributed by atoms with Crippen LogP contribution in [-0.4, -0.2) is 12.6 Å². The zero-order valence-electron chi connectivity index (χ0n) is 10.5. The standard InChI is InChI=1S/C14H22BrN/c1-4-10-16-11(3)14(5-2)12-6-8-13(15)9-7-12/h6-9,11,14,16H,4-5,10H2,1-3H3. The molecule has 2 heteroatoms. The van der Waals surface area contributed by atoms with Crippen LogP contribution in [0.4, 0.5) is 0 Å². The number of hydrogen-bond donors (Lipinski definition) is 1. The average molecular weight is 284 g/mol. The Kier molecular flexibility index (Phi) is 6.07. The normalized spacial score (nSPS) is 14.8. The van der Waals surface area contributed by atoms with Gasteiger partial charge in [-0.3, -0.25) is 0 Å². The van der Waals surface area contributed by atoms with Crippen LogP contribution in [0.3, 0.4) is 0 Å².